The van der Waals surface area contributed by atoms with Crippen LogP contribution < -0.4 is 10.6 Å². The molecule has 0 saturated carbocycles. The van der Waals surface area contributed by atoms with Gasteiger partial charge in [-0.15, -0.1) is 11.3 Å². The minimum Gasteiger partial charge on any atom is -0.372 e. The van der Waals surface area contributed by atoms with Gasteiger partial charge in [0.15, 0.2) is 0 Å². The lowest BCUT2D eigenvalue weighted by molar-refractivity contribution is 0.893. The van der Waals surface area contributed by atoms with E-state index in [0.717, 1.165) is 11.6 Å². The van der Waals surface area contributed by atoms with Crippen LogP contribution in [-0.2, 0) is 0 Å². The highest BCUT2D eigenvalue weighted by Gasteiger charge is 2.07. The van der Waals surface area contributed by atoms with Gasteiger partial charge in [0.05, 0.1) is 18.4 Å². The van der Waals surface area contributed by atoms with Crippen LogP contribution in [0.15, 0.2) is 29.9 Å². The van der Waals surface area contributed by atoms with E-state index < -0.39 is 0 Å². The Balaban J connectivity index is 2.08. The smallest absolute Gasteiger partial charge is 0.147 e. The zero-order chi connectivity index (χ0) is 11.4. The van der Waals surface area contributed by atoms with Gasteiger partial charge in [-0.1, -0.05) is 6.07 Å². The van der Waals surface area contributed by atoms with Crippen molar-refractivity contribution in [3.05, 3.63) is 34.8 Å². The van der Waals surface area contributed by atoms with Gasteiger partial charge in [-0.3, -0.25) is 4.98 Å². The molecule has 0 aliphatic rings. The molecule has 5 heteroatoms. The second kappa shape index (κ2) is 4.94. The van der Waals surface area contributed by atoms with Gasteiger partial charge in [-0.05, 0) is 18.4 Å². The average molecular weight is 234 g/mol. The summed E-state index contributed by atoms with van der Waals surface area (Å²) in [7, 11) is 1.83. The van der Waals surface area contributed by atoms with Crippen molar-refractivity contribution in [1.82, 2.24) is 9.97 Å². The quantitative estimate of drug-likeness (QED) is 0.854. The molecule has 0 aliphatic heterocycles. The fourth-order valence-corrected chi connectivity index (χ4v) is 2.12. The van der Waals surface area contributed by atoms with Crippen LogP contribution in [0.5, 0.6) is 0 Å². The molecule has 2 rings (SSSR count). The maximum Gasteiger partial charge on any atom is 0.147 e. The molecule has 0 aromatic carbocycles. The van der Waals surface area contributed by atoms with Crippen molar-refractivity contribution >= 4 is 23.0 Å². The SMILES string of the molecule is CNc1cncc(NC(C)c2cccs2)n1. The highest BCUT2D eigenvalue weighted by atomic mass is 32.1. The lowest BCUT2D eigenvalue weighted by Gasteiger charge is -2.12. The molecule has 0 amide bonds. The van der Waals surface area contributed by atoms with E-state index in [1.165, 1.54) is 4.88 Å². The molecular weight excluding hydrogens is 220 g/mol. The molecular formula is C11H14N4S. The van der Waals surface area contributed by atoms with E-state index in [4.69, 9.17) is 0 Å². The van der Waals surface area contributed by atoms with E-state index >= 15 is 0 Å². The first-order chi connectivity index (χ1) is 7.79. The van der Waals surface area contributed by atoms with Crippen molar-refractivity contribution < 1.29 is 0 Å². The second-order valence-electron chi connectivity index (χ2n) is 3.42. The van der Waals surface area contributed by atoms with Gasteiger partial charge in [0.2, 0.25) is 0 Å². The highest BCUT2D eigenvalue weighted by molar-refractivity contribution is 7.10. The molecule has 0 radical (unpaired) electrons. The largest absolute Gasteiger partial charge is 0.372 e. The first-order valence-corrected chi connectivity index (χ1v) is 5.97. The summed E-state index contributed by atoms with van der Waals surface area (Å²) in [6, 6.07) is 4.41. The van der Waals surface area contributed by atoms with Crippen molar-refractivity contribution in [3.8, 4) is 0 Å². The van der Waals surface area contributed by atoms with E-state index in [2.05, 4.69) is 39.0 Å². The van der Waals surface area contributed by atoms with Crippen molar-refractivity contribution in [2.45, 2.75) is 13.0 Å². The lowest BCUT2D eigenvalue weighted by Crippen LogP contribution is -2.07. The van der Waals surface area contributed by atoms with E-state index in [9.17, 15) is 0 Å². The molecule has 0 spiro atoms. The Kier molecular flexibility index (Phi) is 3.36. The fraction of sp³-hybridized carbons (Fsp3) is 0.273. The standard InChI is InChI=1S/C11H14N4S/c1-8(9-4-3-5-16-9)14-11-7-13-6-10(12-2)15-11/h3-8H,1-2H3,(H2,12,14,15). The van der Waals surface area contributed by atoms with Crippen molar-refractivity contribution in [2.24, 2.45) is 0 Å². The topological polar surface area (TPSA) is 49.8 Å². The molecule has 84 valence electrons. The Labute approximate surface area is 98.8 Å². The van der Waals surface area contributed by atoms with Gasteiger partial charge in [-0.25, -0.2) is 4.98 Å². The third kappa shape index (κ3) is 2.49. The zero-order valence-electron chi connectivity index (χ0n) is 9.27. The summed E-state index contributed by atoms with van der Waals surface area (Å²) in [5, 5.41) is 8.35. The molecule has 0 aliphatic carbocycles. The van der Waals surface area contributed by atoms with Crippen molar-refractivity contribution in [3.63, 3.8) is 0 Å². The van der Waals surface area contributed by atoms with E-state index in [1.807, 2.05) is 13.1 Å². The molecule has 1 unspecified atom stereocenters. The predicted octanol–water partition coefficient (Wildman–Crippen LogP) is 2.75. The Bertz CT molecular complexity index is 441. The van der Waals surface area contributed by atoms with E-state index in [1.54, 1.807) is 23.7 Å². The molecule has 16 heavy (non-hydrogen) atoms. The fourth-order valence-electron chi connectivity index (χ4n) is 1.39. The number of hydrogen-bond donors (Lipinski definition) is 2. The lowest BCUT2D eigenvalue weighted by atomic mass is 10.3. The molecule has 2 aromatic heterocycles. The van der Waals surface area contributed by atoms with Crippen molar-refractivity contribution in [1.29, 1.82) is 0 Å². The van der Waals surface area contributed by atoms with Crippen LogP contribution in [0.1, 0.15) is 17.8 Å². The van der Waals surface area contributed by atoms with Gasteiger partial charge in [0.25, 0.3) is 0 Å². The number of thiophene rings is 1. The summed E-state index contributed by atoms with van der Waals surface area (Å²) < 4.78 is 0. The van der Waals surface area contributed by atoms with Crippen LogP contribution in [-0.4, -0.2) is 17.0 Å². The van der Waals surface area contributed by atoms with Crippen LogP contribution in [0.3, 0.4) is 0 Å². The van der Waals surface area contributed by atoms with Crippen LogP contribution in [0, 0.1) is 0 Å². The zero-order valence-corrected chi connectivity index (χ0v) is 10.1. The number of hydrogen-bond acceptors (Lipinski definition) is 5. The van der Waals surface area contributed by atoms with Crippen LogP contribution in [0.4, 0.5) is 11.6 Å². The Morgan fingerprint density at radius 3 is 2.81 bits per heavy atom. The van der Waals surface area contributed by atoms with Gasteiger partial charge >= 0.3 is 0 Å². The van der Waals surface area contributed by atoms with Gasteiger partial charge < -0.3 is 10.6 Å². The third-order valence-corrected chi connectivity index (χ3v) is 3.28. The van der Waals surface area contributed by atoms with Crippen LogP contribution in [0.25, 0.3) is 0 Å². The summed E-state index contributed by atoms with van der Waals surface area (Å²) in [6.45, 7) is 2.11. The minimum atomic E-state index is 0.251. The van der Waals surface area contributed by atoms with Gasteiger partial charge in [0, 0.05) is 11.9 Å². The first-order valence-electron chi connectivity index (χ1n) is 5.09. The molecule has 0 fully saturated rings. The van der Waals surface area contributed by atoms with Gasteiger partial charge in [-0.2, -0.15) is 0 Å². The molecule has 4 nitrogen and oxygen atoms in total. The number of nitrogens with one attached hydrogen (secondary N) is 2. The maximum absolute atomic E-state index is 4.36. The molecule has 2 aromatic rings. The molecule has 2 N–H and O–H groups in total. The molecule has 0 bridgehead atoms. The first kappa shape index (κ1) is 10.9. The Morgan fingerprint density at radius 2 is 2.12 bits per heavy atom. The second-order valence-corrected chi connectivity index (χ2v) is 4.40. The number of rotatable bonds is 4. The summed E-state index contributed by atoms with van der Waals surface area (Å²) in [5.41, 5.74) is 0. The summed E-state index contributed by atoms with van der Waals surface area (Å²) in [6.07, 6.45) is 3.42. The molecule has 0 saturated heterocycles. The monoisotopic (exact) mass is 234 g/mol. The number of nitrogens with zero attached hydrogens (tertiary/aromatic N) is 2. The van der Waals surface area contributed by atoms with E-state index in [-0.39, 0.29) is 6.04 Å². The van der Waals surface area contributed by atoms with E-state index in [0.29, 0.717) is 0 Å². The van der Waals surface area contributed by atoms with Gasteiger partial charge in [0.1, 0.15) is 11.6 Å². The number of aromatic nitrogens is 2. The Hall–Kier alpha value is -1.62. The highest BCUT2D eigenvalue weighted by Crippen LogP contribution is 2.22. The third-order valence-electron chi connectivity index (χ3n) is 2.23. The minimum absolute atomic E-state index is 0.251. The molecule has 1 atom stereocenters. The normalized spacial score (nSPS) is 12.1. The molecule has 2 heterocycles. The van der Waals surface area contributed by atoms with Crippen LogP contribution >= 0.6 is 11.3 Å². The maximum atomic E-state index is 4.36. The number of anilines is 2. The van der Waals surface area contributed by atoms with Crippen LogP contribution in [0.2, 0.25) is 0 Å². The summed E-state index contributed by atoms with van der Waals surface area (Å²) in [5.74, 6) is 1.55. The summed E-state index contributed by atoms with van der Waals surface area (Å²) >= 11 is 1.73. The predicted molar refractivity (Wildman–Crippen MR) is 67.9 cm³/mol. The average Bonchev–Trinajstić information content (AvgIpc) is 2.83. The Morgan fingerprint density at radius 1 is 1.31 bits per heavy atom. The summed E-state index contributed by atoms with van der Waals surface area (Å²) in [4.78, 5) is 9.76. The van der Waals surface area contributed by atoms with Crippen molar-refractivity contribution in [2.75, 3.05) is 17.7 Å².